The van der Waals surface area contributed by atoms with Crippen LogP contribution in [0.1, 0.15) is 51.5 Å². The second-order valence-corrected chi connectivity index (χ2v) is 7.55. The van der Waals surface area contributed by atoms with E-state index in [9.17, 15) is 9.59 Å². The first kappa shape index (κ1) is 17.8. The highest BCUT2D eigenvalue weighted by Gasteiger charge is 2.41. The number of hydrogen-bond donors (Lipinski definition) is 1. The number of rotatable bonds is 5. The maximum Gasteiger partial charge on any atom is 0.226 e. The molecular weight excluding hydrogens is 316 g/mol. The summed E-state index contributed by atoms with van der Waals surface area (Å²) in [6.07, 6.45) is 4.42. The molecule has 1 N–H and O–H groups in total. The molecule has 1 atom stereocenters. The number of carbonyl (C=O) groups is 2. The number of nitrogens with zero attached hydrogens (tertiary/aromatic N) is 1. The van der Waals surface area contributed by atoms with E-state index in [0.717, 1.165) is 37.0 Å². The van der Waals surface area contributed by atoms with E-state index < -0.39 is 0 Å². The summed E-state index contributed by atoms with van der Waals surface area (Å²) in [4.78, 5) is 26.8. The summed E-state index contributed by atoms with van der Waals surface area (Å²) in [5.74, 6) is 0.664. The van der Waals surface area contributed by atoms with Gasteiger partial charge in [-0.15, -0.1) is 0 Å². The number of amides is 2. The van der Waals surface area contributed by atoms with E-state index in [1.54, 1.807) is 12.0 Å². The van der Waals surface area contributed by atoms with Gasteiger partial charge < -0.3 is 15.0 Å². The van der Waals surface area contributed by atoms with Crippen LogP contribution >= 0.6 is 0 Å². The standard InChI is InChI=1S/C20H28N2O3/c1-14(2)22-13-15(12-18(22)23)19(24)21-20(10-4-5-11-20)16-6-8-17(25-3)9-7-16/h6-9,14-15H,4-5,10-13H2,1-3H3,(H,21,24). The van der Waals surface area contributed by atoms with Crippen molar-refractivity contribution in [2.75, 3.05) is 13.7 Å². The lowest BCUT2D eigenvalue weighted by atomic mass is 9.87. The molecule has 5 nitrogen and oxygen atoms in total. The predicted octanol–water partition coefficient (Wildman–Crippen LogP) is 2.84. The zero-order valence-electron chi connectivity index (χ0n) is 15.4. The molecule has 3 rings (SSSR count). The van der Waals surface area contributed by atoms with Crippen LogP contribution in [0.25, 0.3) is 0 Å². The van der Waals surface area contributed by atoms with Crippen LogP contribution in [0.4, 0.5) is 0 Å². The molecule has 2 fully saturated rings. The minimum Gasteiger partial charge on any atom is -0.497 e. The van der Waals surface area contributed by atoms with Gasteiger partial charge in [-0.3, -0.25) is 9.59 Å². The molecule has 1 unspecified atom stereocenters. The summed E-state index contributed by atoms with van der Waals surface area (Å²) in [6, 6.07) is 8.13. The van der Waals surface area contributed by atoms with Crippen LogP contribution in [0.3, 0.4) is 0 Å². The third-order valence-electron chi connectivity index (χ3n) is 5.61. The fourth-order valence-electron chi connectivity index (χ4n) is 4.12. The number of methoxy groups -OCH3 is 1. The Morgan fingerprint density at radius 1 is 1.24 bits per heavy atom. The molecular formula is C20H28N2O3. The van der Waals surface area contributed by atoms with Gasteiger partial charge in [0.2, 0.25) is 11.8 Å². The molecule has 0 spiro atoms. The molecule has 1 aliphatic heterocycles. The van der Waals surface area contributed by atoms with E-state index in [4.69, 9.17) is 4.74 Å². The van der Waals surface area contributed by atoms with Gasteiger partial charge in [0, 0.05) is 19.0 Å². The molecule has 2 amide bonds. The van der Waals surface area contributed by atoms with E-state index in [1.165, 1.54) is 0 Å². The molecule has 0 bridgehead atoms. The fraction of sp³-hybridized carbons (Fsp3) is 0.600. The molecule has 1 aliphatic carbocycles. The molecule has 1 saturated heterocycles. The zero-order chi connectivity index (χ0) is 18.0. The molecule has 1 aromatic carbocycles. The quantitative estimate of drug-likeness (QED) is 0.893. The van der Waals surface area contributed by atoms with Crippen LogP contribution < -0.4 is 10.1 Å². The highest BCUT2D eigenvalue weighted by atomic mass is 16.5. The number of nitrogens with one attached hydrogen (secondary N) is 1. The Morgan fingerprint density at radius 2 is 1.88 bits per heavy atom. The van der Waals surface area contributed by atoms with Crippen molar-refractivity contribution in [1.82, 2.24) is 10.2 Å². The van der Waals surface area contributed by atoms with Crippen molar-refractivity contribution in [1.29, 1.82) is 0 Å². The van der Waals surface area contributed by atoms with Crippen LogP contribution in [0, 0.1) is 5.92 Å². The van der Waals surface area contributed by atoms with Gasteiger partial charge in [-0.2, -0.15) is 0 Å². The van der Waals surface area contributed by atoms with Crippen molar-refractivity contribution in [3.8, 4) is 5.75 Å². The first-order valence-corrected chi connectivity index (χ1v) is 9.21. The molecule has 1 aromatic rings. The largest absolute Gasteiger partial charge is 0.497 e. The predicted molar refractivity (Wildman–Crippen MR) is 96.2 cm³/mol. The summed E-state index contributed by atoms with van der Waals surface area (Å²) >= 11 is 0. The summed E-state index contributed by atoms with van der Waals surface area (Å²) in [6.45, 7) is 4.52. The van der Waals surface area contributed by atoms with Gasteiger partial charge in [-0.1, -0.05) is 25.0 Å². The molecule has 2 aliphatic rings. The van der Waals surface area contributed by atoms with Crippen LogP contribution in [0.2, 0.25) is 0 Å². The highest BCUT2D eigenvalue weighted by molar-refractivity contribution is 5.89. The molecule has 5 heteroatoms. The molecule has 0 aromatic heterocycles. The van der Waals surface area contributed by atoms with Crippen molar-refractivity contribution in [2.45, 2.75) is 57.5 Å². The van der Waals surface area contributed by atoms with Gasteiger partial charge in [-0.05, 0) is 44.4 Å². The van der Waals surface area contributed by atoms with Gasteiger partial charge in [0.1, 0.15) is 5.75 Å². The summed E-state index contributed by atoms with van der Waals surface area (Å²) in [5.41, 5.74) is 0.821. The van der Waals surface area contributed by atoms with Crippen molar-refractivity contribution in [3.63, 3.8) is 0 Å². The molecule has 1 saturated carbocycles. The number of benzene rings is 1. The first-order valence-electron chi connectivity index (χ1n) is 9.21. The van der Waals surface area contributed by atoms with Crippen molar-refractivity contribution in [2.24, 2.45) is 5.92 Å². The zero-order valence-corrected chi connectivity index (χ0v) is 15.4. The van der Waals surface area contributed by atoms with E-state index in [2.05, 4.69) is 5.32 Å². The van der Waals surface area contributed by atoms with Gasteiger partial charge in [0.25, 0.3) is 0 Å². The van der Waals surface area contributed by atoms with Crippen molar-refractivity contribution < 1.29 is 14.3 Å². The Kier molecular flexibility index (Phi) is 5.02. The van der Waals surface area contributed by atoms with Crippen LogP contribution in [-0.2, 0) is 15.1 Å². The number of likely N-dealkylation sites (tertiary alicyclic amines) is 1. The second-order valence-electron chi connectivity index (χ2n) is 7.55. The lowest BCUT2D eigenvalue weighted by Crippen LogP contribution is -2.47. The third kappa shape index (κ3) is 3.51. The van der Waals surface area contributed by atoms with Crippen LogP contribution in [0.15, 0.2) is 24.3 Å². The van der Waals surface area contributed by atoms with E-state index in [1.807, 2.05) is 38.1 Å². The molecule has 1 heterocycles. The smallest absolute Gasteiger partial charge is 0.226 e. The monoisotopic (exact) mass is 344 g/mol. The Labute approximate surface area is 149 Å². The average molecular weight is 344 g/mol. The normalized spacial score (nSPS) is 22.5. The van der Waals surface area contributed by atoms with E-state index in [-0.39, 0.29) is 29.3 Å². The topological polar surface area (TPSA) is 58.6 Å². The maximum atomic E-state index is 12.9. The Balaban J connectivity index is 1.75. The van der Waals surface area contributed by atoms with Gasteiger partial charge >= 0.3 is 0 Å². The third-order valence-corrected chi connectivity index (χ3v) is 5.61. The Hall–Kier alpha value is -2.04. The lowest BCUT2D eigenvalue weighted by molar-refractivity contribution is -0.130. The maximum absolute atomic E-state index is 12.9. The lowest BCUT2D eigenvalue weighted by Gasteiger charge is -2.32. The second kappa shape index (κ2) is 7.06. The van der Waals surface area contributed by atoms with Crippen LogP contribution in [-0.4, -0.2) is 36.4 Å². The Morgan fingerprint density at radius 3 is 2.40 bits per heavy atom. The molecule has 25 heavy (non-hydrogen) atoms. The summed E-state index contributed by atoms with van der Waals surface area (Å²) in [7, 11) is 1.65. The first-order chi connectivity index (χ1) is 11.9. The molecule has 136 valence electrons. The number of hydrogen-bond acceptors (Lipinski definition) is 3. The minimum atomic E-state index is -0.308. The SMILES string of the molecule is COc1ccc(C2(NC(=O)C3CC(=O)N(C(C)C)C3)CCCC2)cc1. The van der Waals surface area contributed by atoms with Crippen molar-refractivity contribution >= 4 is 11.8 Å². The van der Waals surface area contributed by atoms with E-state index >= 15 is 0 Å². The summed E-state index contributed by atoms with van der Waals surface area (Å²) in [5, 5.41) is 3.31. The number of carbonyl (C=O) groups excluding carboxylic acids is 2. The van der Waals surface area contributed by atoms with E-state index in [0.29, 0.717) is 13.0 Å². The highest BCUT2D eigenvalue weighted by Crippen LogP contribution is 2.40. The number of ether oxygens (including phenoxy) is 1. The van der Waals surface area contributed by atoms with Crippen LogP contribution in [0.5, 0.6) is 5.75 Å². The van der Waals surface area contributed by atoms with Gasteiger partial charge in [0.15, 0.2) is 0 Å². The fourth-order valence-corrected chi connectivity index (χ4v) is 4.12. The Bertz CT molecular complexity index is 633. The van der Waals surface area contributed by atoms with Gasteiger partial charge in [-0.25, -0.2) is 0 Å². The molecule has 0 radical (unpaired) electrons. The summed E-state index contributed by atoms with van der Waals surface area (Å²) < 4.78 is 5.24. The average Bonchev–Trinajstić information content (AvgIpc) is 3.22. The van der Waals surface area contributed by atoms with Gasteiger partial charge in [0.05, 0.1) is 18.6 Å². The van der Waals surface area contributed by atoms with Crippen molar-refractivity contribution in [3.05, 3.63) is 29.8 Å². The minimum absolute atomic E-state index is 0.00854.